The van der Waals surface area contributed by atoms with Crippen LogP contribution >= 0.6 is 0 Å². The van der Waals surface area contributed by atoms with Crippen molar-refractivity contribution in [2.75, 3.05) is 20.3 Å². The molecule has 3 aromatic carbocycles. The molecule has 1 amide bonds. The number of aliphatic hydroxyl groups is 1. The predicted molar refractivity (Wildman–Crippen MR) is 134 cm³/mol. The van der Waals surface area contributed by atoms with Gasteiger partial charge >= 0.3 is 0 Å². The van der Waals surface area contributed by atoms with Crippen molar-refractivity contribution in [2.24, 2.45) is 0 Å². The molecule has 1 N–H and O–H groups in total. The molecule has 6 heteroatoms. The first-order valence-electron chi connectivity index (χ1n) is 11.6. The third-order valence-corrected chi connectivity index (χ3v) is 6.10. The zero-order valence-corrected chi connectivity index (χ0v) is 19.9. The molecule has 0 aromatic heterocycles. The topological polar surface area (TPSA) is 76.1 Å². The van der Waals surface area contributed by atoms with E-state index in [1.54, 1.807) is 19.2 Å². The lowest BCUT2D eigenvalue weighted by atomic mass is 9.94. The molecule has 1 fully saturated rings. The van der Waals surface area contributed by atoms with Gasteiger partial charge in [-0.05, 0) is 48.2 Å². The largest absolute Gasteiger partial charge is 0.507 e. The Kier molecular flexibility index (Phi) is 7.63. The zero-order valence-electron chi connectivity index (χ0n) is 19.9. The van der Waals surface area contributed by atoms with Crippen LogP contribution in [0.15, 0.2) is 84.4 Å². The fourth-order valence-electron chi connectivity index (χ4n) is 4.35. The summed E-state index contributed by atoms with van der Waals surface area (Å²) in [5.41, 5.74) is 3.15. The number of hydrogen-bond donors (Lipinski definition) is 1. The van der Waals surface area contributed by atoms with Crippen molar-refractivity contribution >= 4 is 17.4 Å². The highest BCUT2D eigenvalue weighted by atomic mass is 16.5. The van der Waals surface area contributed by atoms with Crippen LogP contribution in [0.4, 0.5) is 0 Å². The fourth-order valence-corrected chi connectivity index (χ4v) is 4.35. The molecular weight excluding hydrogens is 442 g/mol. The van der Waals surface area contributed by atoms with Crippen LogP contribution in [0, 0.1) is 6.92 Å². The van der Waals surface area contributed by atoms with E-state index < -0.39 is 17.7 Å². The Hall–Kier alpha value is -3.90. The van der Waals surface area contributed by atoms with Crippen molar-refractivity contribution in [3.63, 3.8) is 0 Å². The minimum Gasteiger partial charge on any atom is -0.507 e. The number of carbonyl (C=O) groups is 2. The minimum absolute atomic E-state index is 0.0969. The number of Topliss-reactive ketones (excluding diaryl/α,β-unsaturated/α-hetero) is 1. The molecule has 180 valence electrons. The van der Waals surface area contributed by atoms with Crippen LogP contribution in [0.2, 0.25) is 0 Å². The molecule has 6 nitrogen and oxygen atoms in total. The molecule has 35 heavy (non-hydrogen) atoms. The molecule has 1 atom stereocenters. The van der Waals surface area contributed by atoms with Gasteiger partial charge in [0.1, 0.15) is 18.1 Å². The summed E-state index contributed by atoms with van der Waals surface area (Å²) >= 11 is 0. The molecule has 0 saturated carbocycles. The van der Waals surface area contributed by atoms with E-state index in [0.717, 1.165) is 16.7 Å². The van der Waals surface area contributed by atoms with Crippen LogP contribution in [0.1, 0.15) is 34.7 Å². The van der Waals surface area contributed by atoms with E-state index in [-0.39, 0.29) is 11.3 Å². The van der Waals surface area contributed by atoms with Crippen LogP contribution < -0.4 is 4.74 Å². The van der Waals surface area contributed by atoms with E-state index in [4.69, 9.17) is 9.47 Å². The second kappa shape index (κ2) is 11.0. The first-order chi connectivity index (χ1) is 17.0. The van der Waals surface area contributed by atoms with Gasteiger partial charge in [-0.2, -0.15) is 0 Å². The van der Waals surface area contributed by atoms with E-state index in [1.807, 2.05) is 73.7 Å². The van der Waals surface area contributed by atoms with Gasteiger partial charge in [-0.15, -0.1) is 0 Å². The summed E-state index contributed by atoms with van der Waals surface area (Å²) in [6, 6.07) is 23.8. The molecule has 1 aliphatic heterocycles. The number of likely N-dealkylation sites (tertiary alicyclic amines) is 1. The lowest BCUT2D eigenvalue weighted by Gasteiger charge is -2.25. The molecular formula is C29H29NO5. The monoisotopic (exact) mass is 471 g/mol. The fraction of sp³-hybridized carbons (Fsp3) is 0.241. The van der Waals surface area contributed by atoms with Gasteiger partial charge < -0.3 is 19.5 Å². The van der Waals surface area contributed by atoms with Gasteiger partial charge in [0.15, 0.2) is 0 Å². The van der Waals surface area contributed by atoms with Gasteiger partial charge in [0.25, 0.3) is 11.7 Å². The Labute approximate surface area is 205 Å². The maximum absolute atomic E-state index is 13.1. The second-order valence-electron chi connectivity index (χ2n) is 8.50. The number of rotatable bonds is 9. The molecule has 1 heterocycles. The summed E-state index contributed by atoms with van der Waals surface area (Å²) in [4.78, 5) is 27.6. The average Bonchev–Trinajstić information content (AvgIpc) is 3.13. The summed E-state index contributed by atoms with van der Waals surface area (Å²) in [5.74, 6) is -0.823. The Morgan fingerprint density at radius 3 is 2.31 bits per heavy atom. The lowest BCUT2D eigenvalue weighted by molar-refractivity contribution is -0.140. The quantitative estimate of drug-likeness (QED) is 0.205. The number of ether oxygens (including phenoxy) is 2. The standard InChI is InChI=1S/C29H29NO5/c1-20-18-23(35-19-21-10-5-3-6-11-21)14-15-24(20)27(31)25-26(22-12-7-4-8-13-22)30(16-9-17-34-2)29(33)28(25)32/h3-8,10-15,18,26,31H,9,16-17,19H2,1-2H3. The molecule has 1 unspecified atom stereocenters. The van der Waals surface area contributed by atoms with E-state index in [1.165, 1.54) is 4.90 Å². The normalized spacial score (nSPS) is 17.1. The Balaban J connectivity index is 1.67. The molecule has 3 aromatic rings. The van der Waals surface area contributed by atoms with E-state index in [9.17, 15) is 14.7 Å². The van der Waals surface area contributed by atoms with E-state index in [2.05, 4.69) is 0 Å². The van der Waals surface area contributed by atoms with Crippen LogP contribution in [-0.4, -0.2) is 42.0 Å². The Morgan fingerprint density at radius 2 is 1.66 bits per heavy atom. The smallest absolute Gasteiger partial charge is 0.295 e. The number of hydrogen-bond acceptors (Lipinski definition) is 5. The SMILES string of the molecule is COCCCN1C(=O)C(=O)C(=C(O)c2ccc(OCc3ccccc3)cc2C)C1c1ccccc1. The maximum Gasteiger partial charge on any atom is 0.295 e. The van der Waals surface area contributed by atoms with E-state index >= 15 is 0 Å². The molecule has 1 aliphatic rings. The van der Waals surface area contributed by atoms with Gasteiger partial charge in [0.2, 0.25) is 0 Å². The molecule has 0 aliphatic carbocycles. The van der Waals surface area contributed by atoms with Crippen LogP contribution in [0.3, 0.4) is 0 Å². The van der Waals surface area contributed by atoms with E-state index in [0.29, 0.717) is 37.5 Å². The minimum atomic E-state index is -0.683. The zero-order chi connectivity index (χ0) is 24.8. The van der Waals surface area contributed by atoms with Crippen molar-refractivity contribution < 1.29 is 24.2 Å². The summed E-state index contributed by atoms with van der Waals surface area (Å²) in [6.07, 6.45) is 0.583. The maximum atomic E-state index is 13.1. The number of ketones is 1. The van der Waals surface area contributed by atoms with Crippen molar-refractivity contribution in [1.82, 2.24) is 4.90 Å². The first kappa shape index (κ1) is 24.2. The number of nitrogens with zero attached hydrogens (tertiary/aromatic N) is 1. The molecule has 4 rings (SSSR count). The molecule has 1 saturated heterocycles. The van der Waals surface area contributed by atoms with Gasteiger partial charge in [-0.3, -0.25) is 9.59 Å². The van der Waals surface area contributed by atoms with Crippen molar-refractivity contribution in [2.45, 2.75) is 26.0 Å². The summed E-state index contributed by atoms with van der Waals surface area (Å²) in [5, 5.41) is 11.3. The van der Waals surface area contributed by atoms with Gasteiger partial charge in [-0.1, -0.05) is 60.7 Å². The van der Waals surface area contributed by atoms with Crippen LogP contribution in [0.25, 0.3) is 5.76 Å². The van der Waals surface area contributed by atoms with Gasteiger partial charge in [0, 0.05) is 25.8 Å². The predicted octanol–water partition coefficient (Wildman–Crippen LogP) is 5.03. The third-order valence-electron chi connectivity index (χ3n) is 6.10. The van der Waals surface area contributed by atoms with Gasteiger partial charge in [0.05, 0.1) is 11.6 Å². The Morgan fingerprint density at radius 1 is 0.971 bits per heavy atom. The third kappa shape index (κ3) is 5.28. The van der Waals surface area contributed by atoms with Crippen LogP contribution in [-0.2, 0) is 20.9 Å². The molecule has 0 radical (unpaired) electrons. The van der Waals surface area contributed by atoms with Crippen molar-refractivity contribution in [3.8, 4) is 5.75 Å². The second-order valence-corrected chi connectivity index (χ2v) is 8.50. The van der Waals surface area contributed by atoms with Crippen molar-refractivity contribution in [1.29, 1.82) is 0 Å². The summed E-state index contributed by atoms with van der Waals surface area (Å²) in [7, 11) is 1.60. The highest BCUT2D eigenvalue weighted by Crippen LogP contribution is 2.40. The molecule has 0 bridgehead atoms. The summed E-state index contributed by atoms with van der Waals surface area (Å²) < 4.78 is 11.0. The highest BCUT2D eigenvalue weighted by molar-refractivity contribution is 6.46. The number of carbonyl (C=O) groups excluding carboxylic acids is 2. The number of aliphatic hydroxyl groups excluding tert-OH is 1. The first-order valence-corrected chi connectivity index (χ1v) is 11.6. The number of benzene rings is 3. The number of aryl methyl sites for hydroxylation is 1. The number of methoxy groups -OCH3 is 1. The Bertz CT molecular complexity index is 1220. The van der Waals surface area contributed by atoms with Crippen LogP contribution in [0.5, 0.6) is 5.75 Å². The summed E-state index contributed by atoms with van der Waals surface area (Å²) in [6.45, 7) is 3.08. The highest BCUT2D eigenvalue weighted by Gasteiger charge is 2.45. The lowest BCUT2D eigenvalue weighted by Crippen LogP contribution is -2.31. The number of amides is 1. The van der Waals surface area contributed by atoms with Crippen molar-refractivity contribution in [3.05, 3.63) is 107 Å². The average molecular weight is 472 g/mol. The molecule has 0 spiro atoms. The van der Waals surface area contributed by atoms with Gasteiger partial charge in [-0.25, -0.2) is 0 Å².